The minimum absolute atomic E-state index is 0.664. The number of aromatic nitrogens is 2. The van der Waals surface area contributed by atoms with Gasteiger partial charge in [-0.2, -0.15) is 0 Å². The van der Waals surface area contributed by atoms with Gasteiger partial charge in [-0.25, -0.2) is 4.98 Å². The normalized spacial score (nSPS) is 24.7. The minimum Gasteiger partial charge on any atom is -0.334 e. The molecule has 17 heavy (non-hydrogen) atoms. The van der Waals surface area contributed by atoms with Gasteiger partial charge in [-0.1, -0.05) is 30.3 Å². The molecule has 2 aromatic rings. The summed E-state index contributed by atoms with van der Waals surface area (Å²) in [5.41, 5.74) is 1.51. The van der Waals surface area contributed by atoms with E-state index in [1.165, 1.54) is 31.2 Å². The molecule has 1 aromatic heterocycles. The molecule has 1 aliphatic carbocycles. The lowest BCUT2D eigenvalue weighted by molar-refractivity contribution is 0.323. The van der Waals surface area contributed by atoms with E-state index in [0.717, 1.165) is 5.92 Å². The number of hydrogen-bond acceptors (Lipinski definition) is 1. The summed E-state index contributed by atoms with van der Waals surface area (Å²) in [5.74, 6) is 0.760. The lowest BCUT2D eigenvalue weighted by atomic mass is 9.82. The number of imidazole rings is 1. The molecule has 0 aliphatic heterocycles. The van der Waals surface area contributed by atoms with Crippen LogP contribution in [0, 0.1) is 0 Å². The lowest BCUT2D eigenvalue weighted by Gasteiger charge is -2.29. The Morgan fingerprint density at radius 3 is 2.41 bits per heavy atom. The van der Waals surface area contributed by atoms with Gasteiger partial charge in [0.1, 0.15) is 0 Å². The molecule has 0 radical (unpaired) electrons. The zero-order valence-electron chi connectivity index (χ0n) is 10.00. The molecule has 0 spiro atoms. The molecule has 1 aromatic carbocycles. The van der Waals surface area contributed by atoms with Crippen LogP contribution in [0.4, 0.5) is 0 Å². The summed E-state index contributed by atoms with van der Waals surface area (Å²) in [6, 6.07) is 11.6. The van der Waals surface area contributed by atoms with Gasteiger partial charge in [0.05, 0.1) is 6.33 Å². The van der Waals surface area contributed by atoms with Crippen molar-refractivity contribution in [2.45, 2.75) is 37.6 Å². The Labute approximate surface area is 102 Å². The van der Waals surface area contributed by atoms with Crippen LogP contribution in [-0.2, 0) is 0 Å². The predicted molar refractivity (Wildman–Crippen MR) is 68.9 cm³/mol. The zero-order valence-corrected chi connectivity index (χ0v) is 10.00. The molecule has 1 saturated carbocycles. The molecule has 0 saturated heterocycles. The molecular formula is C15H18N2. The van der Waals surface area contributed by atoms with E-state index in [9.17, 15) is 0 Å². The van der Waals surface area contributed by atoms with Gasteiger partial charge < -0.3 is 4.57 Å². The summed E-state index contributed by atoms with van der Waals surface area (Å²) in [6.07, 6.45) is 11.1. The maximum absolute atomic E-state index is 4.14. The smallest absolute Gasteiger partial charge is 0.0948 e. The molecular weight excluding hydrogens is 208 g/mol. The lowest BCUT2D eigenvalue weighted by Crippen LogP contribution is -2.16. The van der Waals surface area contributed by atoms with E-state index in [2.05, 4.69) is 46.1 Å². The molecule has 1 fully saturated rings. The molecule has 0 unspecified atom stereocenters. The van der Waals surface area contributed by atoms with E-state index < -0.39 is 0 Å². The molecule has 2 heteroatoms. The van der Waals surface area contributed by atoms with Crippen LogP contribution in [0.1, 0.15) is 43.2 Å². The standard InChI is InChI=1S/C15H18N2/c1-2-4-13(5-3-1)14-6-8-15(9-7-14)17-11-10-16-12-17/h1-5,10-12,14-15H,6-9H2. The summed E-state index contributed by atoms with van der Waals surface area (Å²) < 4.78 is 2.27. The Kier molecular flexibility index (Phi) is 2.95. The summed E-state index contributed by atoms with van der Waals surface area (Å²) in [6.45, 7) is 0. The van der Waals surface area contributed by atoms with Crippen molar-refractivity contribution in [3.63, 3.8) is 0 Å². The first kappa shape index (κ1) is 10.6. The van der Waals surface area contributed by atoms with Gasteiger partial charge in [-0.05, 0) is 37.2 Å². The quantitative estimate of drug-likeness (QED) is 0.762. The van der Waals surface area contributed by atoms with Crippen LogP contribution in [0.3, 0.4) is 0 Å². The zero-order chi connectivity index (χ0) is 11.5. The second kappa shape index (κ2) is 4.74. The predicted octanol–water partition coefficient (Wildman–Crippen LogP) is 3.78. The molecule has 3 rings (SSSR count). The highest BCUT2D eigenvalue weighted by Crippen LogP contribution is 2.37. The molecule has 2 nitrogen and oxygen atoms in total. The number of benzene rings is 1. The monoisotopic (exact) mass is 226 g/mol. The minimum atomic E-state index is 0.664. The van der Waals surface area contributed by atoms with Gasteiger partial charge in [0, 0.05) is 18.4 Å². The second-order valence-corrected chi connectivity index (χ2v) is 4.93. The summed E-state index contributed by atoms with van der Waals surface area (Å²) in [5, 5.41) is 0. The Morgan fingerprint density at radius 1 is 1.00 bits per heavy atom. The van der Waals surface area contributed by atoms with Crippen LogP contribution in [-0.4, -0.2) is 9.55 Å². The first-order valence-electron chi connectivity index (χ1n) is 6.46. The van der Waals surface area contributed by atoms with Gasteiger partial charge >= 0.3 is 0 Å². The average Bonchev–Trinajstić information content (AvgIpc) is 2.94. The highest BCUT2D eigenvalue weighted by Gasteiger charge is 2.22. The maximum atomic E-state index is 4.14. The second-order valence-electron chi connectivity index (χ2n) is 4.93. The third-order valence-electron chi connectivity index (χ3n) is 3.91. The van der Waals surface area contributed by atoms with Crippen molar-refractivity contribution < 1.29 is 0 Å². The fourth-order valence-electron chi connectivity index (χ4n) is 2.92. The third-order valence-corrected chi connectivity index (χ3v) is 3.91. The molecule has 88 valence electrons. The van der Waals surface area contributed by atoms with Crippen molar-refractivity contribution in [3.8, 4) is 0 Å². The fraction of sp³-hybridized carbons (Fsp3) is 0.400. The highest BCUT2D eigenvalue weighted by atomic mass is 15.0. The Hall–Kier alpha value is -1.57. The largest absolute Gasteiger partial charge is 0.334 e. The van der Waals surface area contributed by atoms with E-state index in [1.54, 1.807) is 0 Å². The van der Waals surface area contributed by atoms with Crippen LogP contribution in [0.2, 0.25) is 0 Å². The highest BCUT2D eigenvalue weighted by molar-refractivity contribution is 5.20. The van der Waals surface area contributed by atoms with E-state index in [-0.39, 0.29) is 0 Å². The van der Waals surface area contributed by atoms with Gasteiger partial charge in [-0.15, -0.1) is 0 Å². The van der Waals surface area contributed by atoms with Crippen molar-refractivity contribution in [3.05, 3.63) is 54.6 Å². The van der Waals surface area contributed by atoms with Crippen LogP contribution < -0.4 is 0 Å². The first-order valence-corrected chi connectivity index (χ1v) is 6.46. The van der Waals surface area contributed by atoms with Gasteiger partial charge in [0.25, 0.3) is 0 Å². The number of nitrogens with zero attached hydrogens (tertiary/aromatic N) is 2. The van der Waals surface area contributed by atoms with E-state index in [4.69, 9.17) is 0 Å². The van der Waals surface area contributed by atoms with Crippen LogP contribution >= 0.6 is 0 Å². The van der Waals surface area contributed by atoms with Gasteiger partial charge in [0.15, 0.2) is 0 Å². The first-order chi connectivity index (χ1) is 8.43. The van der Waals surface area contributed by atoms with Crippen LogP contribution in [0.25, 0.3) is 0 Å². The average molecular weight is 226 g/mol. The summed E-state index contributed by atoms with van der Waals surface area (Å²) >= 11 is 0. The van der Waals surface area contributed by atoms with Gasteiger partial charge in [0.2, 0.25) is 0 Å². The van der Waals surface area contributed by atoms with Crippen LogP contribution in [0.15, 0.2) is 49.1 Å². The van der Waals surface area contributed by atoms with E-state index in [0.29, 0.717) is 6.04 Å². The van der Waals surface area contributed by atoms with Crippen molar-refractivity contribution in [2.24, 2.45) is 0 Å². The Balaban J connectivity index is 1.65. The summed E-state index contributed by atoms with van der Waals surface area (Å²) in [7, 11) is 0. The van der Waals surface area contributed by atoms with E-state index >= 15 is 0 Å². The molecule has 0 N–H and O–H groups in total. The maximum Gasteiger partial charge on any atom is 0.0948 e. The topological polar surface area (TPSA) is 17.8 Å². The molecule has 1 heterocycles. The van der Waals surface area contributed by atoms with Crippen LogP contribution in [0.5, 0.6) is 0 Å². The summed E-state index contributed by atoms with van der Waals surface area (Å²) in [4.78, 5) is 4.14. The Bertz CT molecular complexity index is 439. The van der Waals surface area contributed by atoms with Gasteiger partial charge in [-0.3, -0.25) is 0 Å². The SMILES string of the molecule is c1ccc(C2CCC(n3ccnc3)CC2)cc1. The van der Waals surface area contributed by atoms with E-state index in [1.807, 2.05) is 12.5 Å². The third kappa shape index (κ3) is 2.26. The number of rotatable bonds is 2. The molecule has 0 bridgehead atoms. The fourth-order valence-corrected chi connectivity index (χ4v) is 2.92. The molecule has 1 aliphatic rings. The number of hydrogen-bond donors (Lipinski definition) is 0. The molecule has 0 amide bonds. The van der Waals surface area contributed by atoms with Crippen molar-refractivity contribution in [1.29, 1.82) is 0 Å². The Morgan fingerprint density at radius 2 is 1.76 bits per heavy atom. The molecule has 0 atom stereocenters. The van der Waals surface area contributed by atoms with Crippen molar-refractivity contribution in [1.82, 2.24) is 9.55 Å². The van der Waals surface area contributed by atoms with Crippen molar-refractivity contribution >= 4 is 0 Å². The van der Waals surface area contributed by atoms with Crippen molar-refractivity contribution in [2.75, 3.05) is 0 Å².